The SMILES string of the molecule is Cl.O=C(C1CCCNC1)N(Cc1cc(F)ccc1F)C1CCCC1. The molecule has 0 spiro atoms. The number of piperidine rings is 1. The summed E-state index contributed by atoms with van der Waals surface area (Å²) in [5.74, 6) is -0.850. The highest BCUT2D eigenvalue weighted by Gasteiger charge is 2.32. The third-order valence-electron chi connectivity index (χ3n) is 5.04. The summed E-state index contributed by atoms with van der Waals surface area (Å²) in [6, 6.07) is 3.63. The van der Waals surface area contributed by atoms with E-state index in [4.69, 9.17) is 0 Å². The number of rotatable bonds is 4. The van der Waals surface area contributed by atoms with Crippen molar-refractivity contribution in [2.75, 3.05) is 13.1 Å². The molecule has 6 heteroatoms. The highest BCUT2D eigenvalue weighted by Crippen LogP contribution is 2.28. The maximum atomic E-state index is 14.0. The van der Waals surface area contributed by atoms with Crippen molar-refractivity contribution in [2.45, 2.75) is 51.1 Å². The quantitative estimate of drug-likeness (QED) is 0.890. The summed E-state index contributed by atoms with van der Waals surface area (Å²) in [6.45, 7) is 1.81. The van der Waals surface area contributed by atoms with Gasteiger partial charge in [-0.15, -0.1) is 12.4 Å². The number of carbonyl (C=O) groups is 1. The van der Waals surface area contributed by atoms with Crippen molar-refractivity contribution >= 4 is 18.3 Å². The van der Waals surface area contributed by atoms with Gasteiger partial charge < -0.3 is 10.2 Å². The Morgan fingerprint density at radius 2 is 1.92 bits per heavy atom. The van der Waals surface area contributed by atoms with Crippen molar-refractivity contribution in [1.82, 2.24) is 10.2 Å². The maximum absolute atomic E-state index is 14.0. The highest BCUT2D eigenvalue weighted by molar-refractivity contribution is 5.85. The Balaban J connectivity index is 0.00000208. The molecular formula is C18H25ClF2N2O. The third kappa shape index (κ3) is 4.45. The lowest BCUT2D eigenvalue weighted by Gasteiger charge is -2.34. The number of halogens is 3. The Bertz CT molecular complexity index is 558. The summed E-state index contributed by atoms with van der Waals surface area (Å²) >= 11 is 0. The summed E-state index contributed by atoms with van der Waals surface area (Å²) in [5.41, 5.74) is 0.272. The van der Waals surface area contributed by atoms with E-state index in [0.29, 0.717) is 6.54 Å². The lowest BCUT2D eigenvalue weighted by Crippen LogP contribution is -2.46. The molecule has 0 aromatic heterocycles. The Morgan fingerprint density at radius 3 is 2.58 bits per heavy atom. The molecule has 2 aliphatic rings. The van der Waals surface area contributed by atoms with Gasteiger partial charge in [0.05, 0.1) is 5.92 Å². The van der Waals surface area contributed by atoms with E-state index >= 15 is 0 Å². The summed E-state index contributed by atoms with van der Waals surface area (Å²) in [4.78, 5) is 14.8. The van der Waals surface area contributed by atoms with Gasteiger partial charge in [-0.1, -0.05) is 12.8 Å². The first-order valence-corrected chi connectivity index (χ1v) is 8.60. The molecule has 1 heterocycles. The predicted molar refractivity (Wildman–Crippen MR) is 92.0 cm³/mol. The zero-order chi connectivity index (χ0) is 16.2. The molecule has 1 saturated carbocycles. The van der Waals surface area contributed by atoms with Crippen LogP contribution in [-0.2, 0) is 11.3 Å². The molecule has 0 radical (unpaired) electrons. The predicted octanol–water partition coefficient (Wildman–Crippen LogP) is 3.66. The lowest BCUT2D eigenvalue weighted by molar-refractivity contribution is -0.139. The van der Waals surface area contributed by atoms with Gasteiger partial charge in [-0.3, -0.25) is 4.79 Å². The second kappa shape index (κ2) is 8.77. The fraction of sp³-hybridized carbons (Fsp3) is 0.611. The van der Waals surface area contributed by atoms with Gasteiger partial charge in [0.2, 0.25) is 5.91 Å². The fourth-order valence-electron chi connectivity index (χ4n) is 3.75. The van der Waals surface area contributed by atoms with Crippen molar-refractivity contribution in [2.24, 2.45) is 5.92 Å². The first kappa shape index (κ1) is 19.1. The minimum atomic E-state index is -0.459. The van der Waals surface area contributed by atoms with Crippen molar-refractivity contribution < 1.29 is 13.6 Å². The van der Waals surface area contributed by atoms with Gasteiger partial charge in [-0.05, 0) is 50.4 Å². The van der Waals surface area contributed by atoms with Crippen LogP contribution in [0.25, 0.3) is 0 Å². The number of nitrogens with zero attached hydrogens (tertiary/aromatic N) is 1. The van der Waals surface area contributed by atoms with Crippen LogP contribution in [0.2, 0.25) is 0 Å². The topological polar surface area (TPSA) is 32.3 Å². The van der Waals surface area contributed by atoms with Crippen LogP contribution in [0.1, 0.15) is 44.1 Å². The molecule has 134 valence electrons. The third-order valence-corrected chi connectivity index (χ3v) is 5.04. The zero-order valence-electron chi connectivity index (χ0n) is 13.8. The molecule has 1 amide bonds. The maximum Gasteiger partial charge on any atom is 0.227 e. The number of nitrogens with one attached hydrogen (secondary N) is 1. The van der Waals surface area contributed by atoms with Crippen LogP contribution in [-0.4, -0.2) is 29.9 Å². The number of benzene rings is 1. The molecule has 3 rings (SSSR count). The molecule has 24 heavy (non-hydrogen) atoms. The minimum absolute atomic E-state index is 0. The molecule has 1 aliphatic heterocycles. The van der Waals surface area contributed by atoms with E-state index in [1.165, 1.54) is 6.07 Å². The second-order valence-electron chi connectivity index (χ2n) is 6.68. The van der Waals surface area contributed by atoms with Crippen LogP contribution < -0.4 is 5.32 Å². The van der Waals surface area contributed by atoms with E-state index in [-0.39, 0.29) is 42.4 Å². The molecule has 1 aromatic carbocycles. The normalized spacial score (nSPS) is 21.3. The molecule has 1 unspecified atom stereocenters. The number of hydrogen-bond acceptors (Lipinski definition) is 2. The van der Waals surface area contributed by atoms with Gasteiger partial charge in [-0.25, -0.2) is 8.78 Å². The van der Waals surface area contributed by atoms with Crippen LogP contribution in [0.3, 0.4) is 0 Å². The standard InChI is InChI=1S/C18H24F2N2O.ClH/c19-15-7-8-17(20)14(10-15)12-22(16-5-1-2-6-16)18(23)13-4-3-9-21-11-13;/h7-8,10,13,16,21H,1-6,9,11-12H2;1H. The molecule has 1 saturated heterocycles. The van der Waals surface area contributed by atoms with Gasteiger partial charge in [-0.2, -0.15) is 0 Å². The van der Waals surface area contributed by atoms with Crippen LogP contribution in [0, 0.1) is 17.6 Å². The molecule has 3 nitrogen and oxygen atoms in total. The van der Waals surface area contributed by atoms with E-state index in [1.807, 2.05) is 4.90 Å². The molecule has 1 atom stereocenters. The smallest absolute Gasteiger partial charge is 0.227 e. The van der Waals surface area contributed by atoms with Crippen LogP contribution in [0.4, 0.5) is 8.78 Å². The second-order valence-corrected chi connectivity index (χ2v) is 6.68. The number of hydrogen-bond donors (Lipinski definition) is 1. The Morgan fingerprint density at radius 1 is 1.17 bits per heavy atom. The van der Waals surface area contributed by atoms with Gasteiger partial charge >= 0.3 is 0 Å². The lowest BCUT2D eigenvalue weighted by atomic mass is 9.96. The van der Waals surface area contributed by atoms with E-state index in [9.17, 15) is 13.6 Å². The first-order chi connectivity index (χ1) is 11.1. The summed E-state index contributed by atoms with van der Waals surface area (Å²) in [5, 5.41) is 3.26. The molecular weight excluding hydrogens is 334 g/mol. The van der Waals surface area contributed by atoms with Crippen molar-refractivity contribution in [1.29, 1.82) is 0 Å². The van der Waals surface area contributed by atoms with E-state index in [2.05, 4.69) is 5.32 Å². The molecule has 2 fully saturated rings. The molecule has 1 aromatic rings. The van der Waals surface area contributed by atoms with Gasteiger partial charge in [0.25, 0.3) is 0 Å². The molecule has 0 bridgehead atoms. The fourth-order valence-corrected chi connectivity index (χ4v) is 3.75. The van der Waals surface area contributed by atoms with Crippen molar-refractivity contribution in [3.8, 4) is 0 Å². The van der Waals surface area contributed by atoms with Gasteiger partial charge in [0.1, 0.15) is 11.6 Å². The van der Waals surface area contributed by atoms with Crippen LogP contribution in [0.5, 0.6) is 0 Å². The summed E-state index contributed by atoms with van der Waals surface area (Å²) < 4.78 is 27.5. The number of amides is 1. The average Bonchev–Trinajstić information content (AvgIpc) is 3.10. The largest absolute Gasteiger partial charge is 0.335 e. The summed E-state index contributed by atoms with van der Waals surface area (Å²) in [6.07, 6.45) is 5.99. The molecule has 1 N–H and O–H groups in total. The highest BCUT2D eigenvalue weighted by atomic mass is 35.5. The Hall–Kier alpha value is -1.20. The van der Waals surface area contributed by atoms with Gasteiger partial charge in [0.15, 0.2) is 0 Å². The Kier molecular flexibility index (Phi) is 6.99. The van der Waals surface area contributed by atoms with Crippen LogP contribution >= 0.6 is 12.4 Å². The monoisotopic (exact) mass is 358 g/mol. The average molecular weight is 359 g/mol. The minimum Gasteiger partial charge on any atom is -0.335 e. The first-order valence-electron chi connectivity index (χ1n) is 8.60. The van der Waals surface area contributed by atoms with E-state index < -0.39 is 11.6 Å². The summed E-state index contributed by atoms with van der Waals surface area (Å²) in [7, 11) is 0. The van der Waals surface area contributed by atoms with Crippen molar-refractivity contribution in [3.63, 3.8) is 0 Å². The van der Waals surface area contributed by atoms with E-state index in [0.717, 1.165) is 57.2 Å². The number of carbonyl (C=O) groups excluding carboxylic acids is 1. The van der Waals surface area contributed by atoms with Crippen LogP contribution in [0.15, 0.2) is 18.2 Å². The molecule has 1 aliphatic carbocycles. The van der Waals surface area contributed by atoms with E-state index in [1.54, 1.807) is 0 Å². The van der Waals surface area contributed by atoms with Gasteiger partial charge in [0, 0.05) is 24.7 Å². The zero-order valence-corrected chi connectivity index (χ0v) is 14.6. The Labute approximate surface area is 148 Å². The van der Waals surface area contributed by atoms with Crippen molar-refractivity contribution in [3.05, 3.63) is 35.4 Å².